The summed E-state index contributed by atoms with van der Waals surface area (Å²) in [6.07, 6.45) is 3.26. The van der Waals surface area contributed by atoms with Crippen molar-refractivity contribution in [3.8, 4) is 5.75 Å². The molecule has 5 nitrogen and oxygen atoms in total. The highest BCUT2D eigenvalue weighted by atomic mass is 32.2. The monoisotopic (exact) mass is 310 g/mol. The van der Waals surface area contributed by atoms with Gasteiger partial charge in [-0.2, -0.15) is 4.31 Å². The molecule has 1 unspecified atom stereocenters. The maximum absolute atomic E-state index is 12.9. The Hall–Kier alpha value is -1.11. The zero-order valence-electron chi connectivity index (χ0n) is 12.3. The second-order valence-corrected chi connectivity index (χ2v) is 7.63. The number of nitrogens with two attached hydrogens (primary N) is 1. The molecule has 0 bridgehead atoms. The number of hydrogen-bond acceptors (Lipinski definition) is 4. The van der Waals surface area contributed by atoms with Gasteiger partial charge in [-0.3, -0.25) is 0 Å². The largest absolute Gasteiger partial charge is 0.487 e. The van der Waals surface area contributed by atoms with Crippen LogP contribution in [0.1, 0.15) is 30.9 Å². The van der Waals surface area contributed by atoms with E-state index in [1.54, 1.807) is 10.4 Å². The number of sulfonamides is 1. The van der Waals surface area contributed by atoms with Crippen LogP contribution in [0.2, 0.25) is 0 Å². The molecule has 21 heavy (non-hydrogen) atoms. The third kappa shape index (κ3) is 2.56. The quantitative estimate of drug-likeness (QED) is 0.909. The smallest absolute Gasteiger partial charge is 0.246 e. The Balaban J connectivity index is 2.08. The molecular weight excluding hydrogens is 288 g/mol. The lowest BCUT2D eigenvalue weighted by molar-refractivity contribution is 0.236. The van der Waals surface area contributed by atoms with Crippen molar-refractivity contribution in [3.63, 3.8) is 0 Å². The molecule has 2 aliphatic heterocycles. The Morgan fingerprint density at radius 1 is 1.33 bits per heavy atom. The summed E-state index contributed by atoms with van der Waals surface area (Å²) in [4.78, 5) is 0.328. The highest BCUT2D eigenvalue weighted by Gasteiger charge is 2.34. The van der Waals surface area contributed by atoms with Crippen LogP contribution in [0, 0.1) is 0 Å². The number of nitrogens with zero attached hydrogens (tertiary/aromatic N) is 1. The predicted molar refractivity (Wildman–Crippen MR) is 81.0 cm³/mol. The fraction of sp³-hybridized carbons (Fsp3) is 0.600. The summed E-state index contributed by atoms with van der Waals surface area (Å²) in [5.41, 5.74) is 7.69. The molecule has 0 aliphatic carbocycles. The Bertz CT molecular complexity index is 637. The molecule has 2 N–H and O–H groups in total. The van der Waals surface area contributed by atoms with Crippen molar-refractivity contribution in [2.45, 2.75) is 43.6 Å². The van der Waals surface area contributed by atoms with Gasteiger partial charge < -0.3 is 10.5 Å². The molecule has 6 heteroatoms. The van der Waals surface area contributed by atoms with Crippen molar-refractivity contribution in [1.29, 1.82) is 0 Å². The van der Waals surface area contributed by atoms with Crippen LogP contribution in [0.4, 0.5) is 0 Å². The van der Waals surface area contributed by atoms with Gasteiger partial charge in [0, 0.05) is 26.1 Å². The third-order valence-electron chi connectivity index (χ3n) is 4.28. The van der Waals surface area contributed by atoms with E-state index >= 15 is 0 Å². The average Bonchev–Trinajstić information content (AvgIpc) is 3.14. The average molecular weight is 310 g/mol. The fourth-order valence-corrected chi connectivity index (χ4v) is 4.79. The first-order chi connectivity index (χ1) is 10.1. The van der Waals surface area contributed by atoms with Gasteiger partial charge in [-0.25, -0.2) is 8.42 Å². The zero-order valence-corrected chi connectivity index (χ0v) is 13.2. The molecule has 0 spiro atoms. The van der Waals surface area contributed by atoms with Crippen LogP contribution >= 0.6 is 0 Å². The Morgan fingerprint density at radius 2 is 2.05 bits per heavy atom. The van der Waals surface area contributed by atoms with Gasteiger partial charge in [0.15, 0.2) is 0 Å². The number of aryl methyl sites for hydroxylation is 1. The number of benzene rings is 1. The first-order valence-electron chi connectivity index (χ1n) is 7.59. The molecular formula is C15H22N2O3S. The normalized spacial score (nSPS) is 22.3. The summed E-state index contributed by atoms with van der Waals surface area (Å²) in [6, 6.07) is 3.82. The molecule has 1 aromatic rings. The third-order valence-corrected chi connectivity index (χ3v) is 6.18. The van der Waals surface area contributed by atoms with E-state index in [0.29, 0.717) is 36.7 Å². The summed E-state index contributed by atoms with van der Waals surface area (Å²) in [7, 11) is -3.46. The molecule has 0 saturated carbocycles. The van der Waals surface area contributed by atoms with Crippen molar-refractivity contribution >= 4 is 10.0 Å². The van der Waals surface area contributed by atoms with Crippen LogP contribution in [-0.4, -0.2) is 38.5 Å². The van der Waals surface area contributed by atoms with E-state index in [9.17, 15) is 8.42 Å². The van der Waals surface area contributed by atoms with E-state index in [4.69, 9.17) is 10.5 Å². The van der Waals surface area contributed by atoms with E-state index in [1.807, 2.05) is 13.0 Å². The van der Waals surface area contributed by atoms with Crippen molar-refractivity contribution in [1.82, 2.24) is 4.31 Å². The first kappa shape index (κ1) is 14.8. The van der Waals surface area contributed by atoms with Crippen molar-refractivity contribution in [3.05, 3.63) is 23.3 Å². The van der Waals surface area contributed by atoms with Gasteiger partial charge in [0.05, 0.1) is 0 Å². The molecule has 2 aliphatic rings. The standard InChI is InChI=1S/C15H22N2O3S/c1-2-11-7-12-9-13(10-16)20-15(12)14(8-11)21(18,19)17-5-3-4-6-17/h7-8,13H,2-6,9-10,16H2,1H3. The second-order valence-electron chi connectivity index (χ2n) is 5.73. The summed E-state index contributed by atoms with van der Waals surface area (Å²) in [5.74, 6) is 0.523. The molecule has 1 aromatic carbocycles. The second kappa shape index (κ2) is 5.59. The Morgan fingerprint density at radius 3 is 2.67 bits per heavy atom. The van der Waals surface area contributed by atoms with Crippen LogP contribution < -0.4 is 10.5 Å². The highest BCUT2D eigenvalue weighted by molar-refractivity contribution is 7.89. The molecule has 0 amide bonds. The number of rotatable bonds is 4. The van der Waals surface area contributed by atoms with Crippen LogP contribution in [0.25, 0.3) is 0 Å². The molecule has 116 valence electrons. The van der Waals surface area contributed by atoms with Crippen molar-refractivity contribution < 1.29 is 13.2 Å². The number of fused-ring (bicyclic) bond motifs is 1. The minimum Gasteiger partial charge on any atom is -0.487 e. The lowest BCUT2D eigenvalue weighted by Crippen LogP contribution is -2.29. The lowest BCUT2D eigenvalue weighted by atomic mass is 10.1. The molecule has 2 heterocycles. The Kier molecular flexibility index (Phi) is 3.94. The molecule has 3 rings (SSSR count). The van der Waals surface area contributed by atoms with Gasteiger partial charge in [0.2, 0.25) is 10.0 Å². The Labute approximate surface area is 126 Å². The van der Waals surface area contributed by atoms with Crippen molar-refractivity contribution in [2.24, 2.45) is 5.73 Å². The van der Waals surface area contributed by atoms with E-state index in [0.717, 1.165) is 30.4 Å². The molecule has 0 aromatic heterocycles. The highest BCUT2D eigenvalue weighted by Crippen LogP contribution is 2.38. The van der Waals surface area contributed by atoms with Crippen molar-refractivity contribution in [2.75, 3.05) is 19.6 Å². The lowest BCUT2D eigenvalue weighted by Gasteiger charge is -2.18. The van der Waals surface area contributed by atoms with E-state index in [1.165, 1.54) is 0 Å². The maximum atomic E-state index is 12.9. The van der Waals surface area contributed by atoms with Gasteiger partial charge in [0.1, 0.15) is 16.7 Å². The van der Waals surface area contributed by atoms with Gasteiger partial charge in [-0.05, 0) is 36.5 Å². The summed E-state index contributed by atoms with van der Waals surface area (Å²) < 4.78 is 33.1. The van der Waals surface area contributed by atoms with Crippen LogP contribution in [-0.2, 0) is 22.9 Å². The molecule has 1 fully saturated rings. The molecule has 1 atom stereocenters. The van der Waals surface area contributed by atoms with Gasteiger partial charge >= 0.3 is 0 Å². The molecule has 0 radical (unpaired) electrons. The number of hydrogen-bond donors (Lipinski definition) is 1. The first-order valence-corrected chi connectivity index (χ1v) is 9.03. The fourth-order valence-electron chi connectivity index (χ4n) is 3.06. The summed E-state index contributed by atoms with van der Waals surface area (Å²) >= 11 is 0. The van der Waals surface area contributed by atoms with Gasteiger partial charge in [0.25, 0.3) is 0 Å². The van der Waals surface area contributed by atoms with Gasteiger partial charge in [-0.15, -0.1) is 0 Å². The van der Waals surface area contributed by atoms with E-state index < -0.39 is 10.0 Å². The molecule has 1 saturated heterocycles. The SMILES string of the molecule is CCc1cc2c(c(S(=O)(=O)N3CCCC3)c1)OC(CN)C2. The predicted octanol–water partition coefficient (Wildman–Crippen LogP) is 1.30. The topological polar surface area (TPSA) is 72.6 Å². The summed E-state index contributed by atoms with van der Waals surface area (Å²) in [5, 5.41) is 0. The minimum absolute atomic E-state index is 0.111. The van der Waals surface area contributed by atoms with Crippen LogP contribution in [0.5, 0.6) is 5.75 Å². The summed E-state index contributed by atoms with van der Waals surface area (Å²) in [6.45, 7) is 3.64. The van der Waals surface area contributed by atoms with Crippen LogP contribution in [0.15, 0.2) is 17.0 Å². The minimum atomic E-state index is -3.46. The zero-order chi connectivity index (χ0) is 15.0. The number of ether oxygens (including phenoxy) is 1. The van der Waals surface area contributed by atoms with Crippen LogP contribution in [0.3, 0.4) is 0 Å². The maximum Gasteiger partial charge on any atom is 0.246 e. The van der Waals surface area contributed by atoms with Gasteiger partial charge in [-0.1, -0.05) is 13.0 Å². The van der Waals surface area contributed by atoms with E-state index in [-0.39, 0.29) is 6.10 Å². The van der Waals surface area contributed by atoms with E-state index in [2.05, 4.69) is 0 Å².